The molecule has 2 aromatic heterocycles. The van der Waals surface area contributed by atoms with Gasteiger partial charge in [-0.1, -0.05) is 30.3 Å². The van der Waals surface area contributed by atoms with Crippen molar-refractivity contribution in [3.8, 4) is 17.3 Å². The third-order valence-corrected chi connectivity index (χ3v) is 5.56. The van der Waals surface area contributed by atoms with Crippen LogP contribution in [0.1, 0.15) is 31.2 Å². The first kappa shape index (κ1) is 20.1. The Balaban J connectivity index is 1.28. The van der Waals surface area contributed by atoms with Crippen molar-refractivity contribution in [1.82, 2.24) is 20.1 Å². The van der Waals surface area contributed by atoms with Crippen LogP contribution in [0.3, 0.4) is 0 Å². The number of likely N-dealkylation sites (tertiary alicyclic amines) is 1. The van der Waals surface area contributed by atoms with Gasteiger partial charge in [-0.3, -0.25) is 9.78 Å². The number of nitrogens with zero attached hydrogens (tertiary/aromatic N) is 4. The molecule has 1 aliphatic rings. The molecule has 0 unspecified atom stereocenters. The summed E-state index contributed by atoms with van der Waals surface area (Å²) in [5.41, 5.74) is 0.626. The summed E-state index contributed by atoms with van der Waals surface area (Å²) in [6.07, 6.45) is 3.50. The maximum Gasteiger partial charge on any atom is 0.267 e. The number of pyridine rings is 1. The minimum absolute atomic E-state index is 0.0630. The van der Waals surface area contributed by atoms with Crippen molar-refractivity contribution in [2.75, 3.05) is 13.2 Å². The highest BCUT2D eigenvalue weighted by Gasteiger charge is 2.34. The maximum atomic E-state index is 13.3. The van der Waals surface area contributed by atoms with Gasteiger partial charge in [-0.05, 0) is 36.4 Å². The Labute approximate surface area is 183 Å². The Hall–Kier alpha value is -3.81. The van der Waals surface area contributed by atoms with Gasteiger partial charge in [0, 0.05) is 24.2 Å². The quantitative estimate of drug-likeness (QED) is 0.444. The van der Waals surface area contributed by atoms with Crippen LogP contribution in [-0.4, -0.2) is 39.1 Å². The number of fused-ring (bicyclic) bond motifs is 1. The van der Waals surface area contributed by atoms with Gasteiger partial charge in [0.15, 0.2) is 0 Å². The molecule has 1 fully saturated rings. The highest BCUT2D eigenvalue weighted by Crippen LogP contribution is 2.34. The fourth-order valence-electron chi connectivity index (χ4n) is 4.03. The average molecular weight is 432 g/mol. The monoisotopic (exact) mass is 432 g/mol. The Bertz CT molecular complexity index is 1250. The van der Waals surface area contributed by atoms with Crippen molar-refractivity contribution in [2.24, 2.45) is 0 Å². The van der Waals surface area contributed by atoms with Crippen LogP contribution in [0.25, 0.3) is 22.4 Å². The van der Waals surface area contributed by atoms with Crippen LogP contribution < -0.4 is 4.74 Å². The van der Waals surface area contributed by atoms with Crippen molar-refractivity contribution in [3.05, 3.63) is 72.5 Å². The van der Waals surface area contributed by atoms with E-state index in [2.05, 4.69) is 15.2 Å². The molecule has 0 saturated carbocycles. The smallest absolute Gasteiger partial charge is 0.267 e. The third kappa shape index (κ3) is 4.03. The molecule has 1 saturated heterocycles. The number of amides is 1. The van der Waals surface area contributed by atoms with E-state index in [1.807, 2.05) is 30.3 Å². The molecule has 0 radical (unpaired) electrons. The van der Waals surface area contributed by atoms with Gasteiger partial charge in [-0.15, -0.1) is 10.2 Å². The maximum absolute atomic E-state index is 13.3. The van der Waals surface area contributed by atoms with Gasteiger partial charge in [0.25, 0.3) is 5.89 Å². The topological polar surface area (TPSA) is 81.4 Å². The molecule has 7 nitrogen and oxygen atoms in total. The summed E-state index contributed by atoms with van der Waals surface area (Å²) in [6, 6.07) is 15.4. The molecule has 3 heterocycles. The molecular weight excluding hydrogens is 411 g/mol. The first-order chi connectivity index (χ1) is 15.7. The van der Waals surface area contributed by atoms with Crippen LogP contribution in [0, 0.1) is 5.82 Å². The summed E-state index contributed by atoms with van der Waals surface area (Å²) in [4.78, 5) is 19.0. The van der Waals surface area contributed by atoms with E-state index in [4.69, 9.17) is 9.15 Å². The number of carbonyl (C=O) groups excluding carboxylic acids is 1. The predicted octanol–water partition coefficient (Wildman–Crippen LogP) is 4.56. The molecule has 2 aromatic carbocycles. The van der Waals surface area contributed by atoms with E-state index in [-0.39, 0.29) is 30.8 Å². The van der Waals surface area contributed by atoms with Crippen LogP contribution in [0.4, 0.5) is 4.39 Å². The lowest BCUT2D eigenvalue weighted by Crippen LogP contribution is -2.31. The zero-order valence-electron chi connectivity index (χ0n) is 17.3. The number of aromatic nitrogens is 3. The summed E-state index contributed by atoms with van der Waals surface area (Å²) < 4.78 is 24.8. The minimum atomic E-state index is -0.374. The molecule has 0 spiro atoms. The van der Waals surface area contributed by atoms with Crippen molar-refractivity contribution >= 4 is 16.7 Å². The molecule has 5 rings (SSSR count). The Morgan fingerprint density at radius 2 is 2.06 bits per heavy atom. The summed E-state index contributed by atoms with van der Waals surface area (Å²) in [7, 11) is 0. The summed E-state index contributed by atoms with van der Waals surface area (Å²) in [5.74, 6) is 0.713. The summed E-state index contributed by atoms with van der Waals surface area (Å²) in [6.45, 7) is 0.786. The van der Waals surface area contributed by atoms with Crippen LogP contribution in [-0.2, 0) is 4.79 Å². The summed E-state index contributed by atoms with van der Waals surface area (Å²) >= 11 is 0. The van der Waals surface area contributed by atoms with Gasteiger partial charge in [0.1, 0.15) is 23.3 Å². The second kappa shape index (κ2) is 8.74. The molecule has 1 atom stereocenters. The number of rotatable bonds is 6. The number of benzene rings is 2. The van der Waals surface area contributed by atoms with Gasteiger partial charge in [-0.25, -0.2) is 4.39 Å². The first-order valence-corrected chi connectivity index (χ1v) is 10.5. The molecule has 1 aliphatic heterocycles. The van der Waals surface area contributed by atoms with Crippen LogP contribution in [0.2, 0.25) is 0 Å². The van der Waals surface area contributed by atoms with Crippen LogP contribution >= 0.6 is 0 Å². The number of hydrogen-bond acceptors (Lipinski definition) is 6. The van der Waals surface area contributed by atoms with E-state index in [1.54, 1.807) is 23.2 Å². The van der Waals surface area contributed by atoms with Gasteiger partial charge in [0.05, 0.1) is 13.0 Å². The van der Waals surface area contributed by atoms with E-state index < -0.39 is 0 Å². The average Bonchev–Trinajstić information content (AvgIpc) is 3.48. The van der Waals surface area contributed by atoms with Gasteiger partial charge >= 0.3 is 0 Å². The molecule has 1 amide bonds. The van der Waals surface area contributed by atoms with Crippen molar-refractivity contribution in [1.29, 1.82) is 0 Å². The van der Waals surface area contributed by atoms with E-state index in [1.165, 1.54) is 12.1 Å². The molecule has 0 aliphatic carbocycles. The lowest BCUT2D eigenvalue weighted by Gasteiger charge is -2.22. The standard InChI is InChI=1S/C24H21FN4O3/c25-17-6-3-7-18(15-17)31-14-11-21(30)29-13-4-9-20(29)23-27-28-24(32-23)22-19-8-2-1-5-16(19)10-12-26-22/h1-3,5-8,10,12,15,20H,4,9,11,13-14H2/t20-/m1/s1. The molecule has 4 aromatic rings. The van der Waals surface area contributed by atoms with Crippen molar-refractivity contribution in [3.63, 3.8) is 0 Å². The lowest BCUT2D eigenvalue weighted by molar-refractivity contribution is -0.133. The zero-order chi connectivity index (χ0) is 21.9. The highest BCUT2D eigenvalue weighted by molar-refractivity contribution is 5.92. The van der Waals surface area contributed by atoms with E-state index in [0.29, 0.717) is 29.8 Å². The molecule has 32 heavy (non-hydrogen) atoms. The van der Waals surface area contributed by atoms with Gasteiger partial charge < -0.3 is 14.1 Å². The highest BCUT2D eigenvalue weighted by atomic mass is 19.1. The van der Waals surface area contributed by atoms with Gasteiger partial charge in [0.2, 0.25) is 11.8 Å². The molecular formula is C24H21FN4O3. The fraction of sp³-hybridized carbons (Fsp3) is 0.250. The van der Waals surface area contributed by atoms with Crippen molar-refractivity contribution in [2.45, 2.75) is 25.3 Å². The van der Waals surface area contributed by atoms with Crippen molar-refractivity contribution < 1.29 is 18.3 Å². The number of ether oxygens (including phenoxy) is 1. The Morgan fingerprint density at radius 1 is 1.16 bits per heavy atom. The fourth-order valence-corrected chi connectivity index (χ4v) is 4.03. The van der Waals surface area contributed by atoms with E-state index in [9.17, 15) is 9.18 Å². The van der Waals surface area contributed by atoms with Gasteiger partial charge in [-0.2, -0.15) is 0 Å². The lowest BCUT2D eigenvalue weighted by atomic mass is 10.1. The van der Waals surface area contributed by atoms with E-state index >= 15 is 0 Å². The second-order valence-electron chi connectivity index (χ2n) is 7.63. The number of halogens is 1. The molecule has 8 heteroatoms. The minimum Gasteiger partial charge on any atom is -0.493 e. The Kier molecular flexibility index (Phi) is 5.49. The first-order valence-electron chi connectivity index (χ1n) is 10.5. The second-order valence-corrected chi connectivity index (χ2v) is 7.63. The third-order valence-electron chi connectivity index (χ3n) is 5.56. The zero-order valence-corrected chi connectivity index (χ0v) is 17.3. The predicted molar refractivity (Wildman–Crippen MR) is 115 cm³/mol. The number of hydrogen-bond donors (Lipinski definition) is 0. The van der Waals surface area contributed by atoms with E-state index in [0.717, 1.165) is 23.6 Å². The van der Waals surface area contributed by atoms with Crippen LogP contribution in [0.5, 0.6) is 5.75 Å². The van der Waals surface area contributed by atoms with Crippen LogP contribution in [0.15, 0.2) is 65.2 Å². The Morgan fingerprint density at radius 3 is 2.97 bits per heavy atom. The molecule has 0 bridgehead atoms. The largest absolute Gasteiger partial charge is 0.493 e. The normalized spacial score (nSPS) is 15.9. The molecule has 162 valence electrons. The number of carbonyl (C=O) groups is 1. The molecule has 0 N–H and O–H groups in total. The SMILES string of the molecule is O=C(CCOc1cccc(F)c1)N1CCC[C@@H]1c1nnc(-c2nccc3ccccc23)o1. The summed E-state index contributed by atoms with van der Waals surface area (Å²) in [5, 5.41) is 10.4.